The first-order valence-electron chi connectivity index (χ1n) is 11.8. The number of imidazole rings is 1. The quantitative estimate of drug-likeness (QED) is 0.106. The third kappa shape index (κ3) is 11.3. The fourth-order valence-corrected chi connectivity index (χ4v) is 3.41. The van der Waals surface area contributed by atoms with Crippen LogP contribution in [0, 0.1) is 5.92 Å². The third-order valence-corrected chi connectivity index (χ3v) is 5.27. The van der Waals surface area contributed by atoms with E-state index in [0.717, 1.165) is 0 Å². The molecule has 0 aliphatic carbocycles. The number of amides is 4. The van der Waals surface area contributed by atoms with Crippen LogP contribution in [0.4, 0.5) is 0 Å². The summed E-state index contributed by atoms with van der Waals surface area (Å²) >= 11 is 0. The zero-order valence-electron chi connectivity index (χ0n) is 20.7. The number of hydrogen-bond acceptors (Lipinski definition) is 8. The molecule has 4 amide bonds. The van der Waals surface area contributed by atoms with Crippen molar-refractivity contribution in [2.45, 2.75) is 76.5 Å². The van der Waals surface area contributed by atoms with Crippen molar-refractivity contribution < 1.29 is 29.1 Å². The molecule has 0 bridgehead atoms. The van der Waals surface area contributed by atoms with Gasteiger partial charge in [0.15, 0.2) is 0 Å². The molecule has 14 nitrogen and oxygen atoms in total. The number of unbranched alkanes of at least 4 members (excludes halogenated alkanes) is 1. The number of H-pyrrole nitrogens is 1. The smallest absolute Gasteiger partial charge is 0.326 e. The molecule has 4 atom stereocenters. The Labute approximate surface area is 209 Å². The second kappa shape index (κ2) is 15.5. The molecular formula is C22H38N8O6. The number of hydrogen-bond donors (Lipinski definition) is 8. The Hall–Kier alpha value is -3.52. The first-order valence-corrected chi connectivity index (χ1v) is 11.8. The van der Waals surface area contributed by atoms with Gasteiger partial charge in [-0.05, 0) is 38.1 Å². The van der Waals surface area contributed by atoms with Crippen molar-refractivity contribution in [1.29, 1.82) is 0 Å². The minimum absolute atomic E-state index is 0.00111. The van der Waals surface area contributed by atoms with Crippen LogP contribution in [0.3, 0.4) is 0 Å². The summed E-state index contributed by atoms with van der Waals surface area (Å²) in [5.41, 5.74) is 16.8. The van der Waals surface area contributed by atoms with Gasteiger partial charge in [0.2, 0.25) is 23.6 Å². The van der Waals surface area contributed by atoms with Gasteiger partial charge in [-0.2, -0.15) is 0 Å². The van der Waals surface area contributed by atoms with E-state index in [1.807, 2.05) is 13.8 Å². The first-order chi connectivity index (χ1) is 16.9. The number of nitrogens with two attached hydrogens (primary N) is 3. The summed E-state index contributed by atoms with van der Waals surface area (Å²) in [4.78, 5) is 68.1. The lowest BCUT2D eigenvalue weighted by Crippen LogP contribution is -2.58. The van der Waals surface area contributed by atoms with Crippen LogP contribution in [0.1, 0.15) is 51.6 Å². The molecule has 0 fully saturated rings. The second-order valence-electron chi connectivity index (χ2n) is 8.99. The third-order valence-electron chi connectivity index (χ3n) is 5.27. The summed E-state index contributed by atoms with van der Waals surface area (Å²) in [6.45, 7) is 4.02. The highest BCUT2D eigenvalue weighted by molar-refractivity contribution is 5.95. The summed E-state index contributed by atoms with van der Waals surface area (Å²) < 4.78 is 0. The SMILES string of the molecule is CC(C)CC(NC(=O)C(Cc1cnc[nH]1)NC(=O)C(CCCCN)NC(=O)C(N)CC(N)=O)C(=O)O. The summed E-state index contributed by atoms with van der Waals surface area (Å²) in [7, 11) is 0. The molecular weight excluding hydrogens is 472 g/mol. The number of nitrogens with one attached hydrogen (secondary N) is 4. The van der Waals surface area contributed by atoms with Crippen LogP contribution >= 0.6 is 0 Å². The van der Waals surface area contributed by atoms with Crippen molar-refractivity contribution in [1.82, 2.24) is 25.9 Å². The lowest BCUT2D eigenvalue weighted by Gasteiger charge is -2.25. The number of aromatic nitrogens is 2. The number of primary amides is 1. The van der Waals surface area contributed by atoms with Crippen LogP contribution in [-0.2, 0) is 30.4 Å². The maximum Gasteiger partial charge on any atom is 0.326 e. The lowest BCUT2D eigenvalue weighted by atomic mass is 10.0. The molecule has 0 saturated heterocycles. The standard InChI is InChI=1S/C22H38N8O6/c1-12(2)7-17(22(35)36)30-21(34)16(8-13-10-26-11-27-13)29-20(33)15(5-3-4-6-23)28-19(32)14(24)9-18(25)31/h10-12,14-17H,3-9,23-24H2,1-2H3,(H2,25,31)(H,26,27)(H,28,32)(H,29,33)(H,30,34)(H,35,36). The number of carboxylic acids is 1. The predicted octanol–water partition coefficient (Wildman–Crippen LogP) is -2.13. The van der Waals surface area contributed by atoms with Crippen molar-refractivity contribution in [2.24, 2.45) is 23.1 Å². The van der Waals surface area contributed by atoms with Crippen LogP contribution in [0.2, 0.25) is 0 Å². The van der Waals surface area contributed by atoms with Gasteiger partial charge in [0, 0.05) is 18.3 Å². The molecule has 1 aromatic rings. The molecule has 0 spiro atoms. The maximum atomic E-state index is 13.1. The van der Waals surface area contributed by atoms with E-state index in [0.29, 0.717) is 25.1 Å². The highest BCUT2D eigenvalue weighted by Crippen LogP contribution is 2.08. The van der Waals surface area contributed by atoms with E-state index in [4.69, 9.17) is 17.2 Å². The molecule has 11 N–H and O–H groups in total. The molecule has 1 heterocycles. The summed E-state index contributed by atoms with van der Waals surface area (Å²) in [5.74, 6) is -4.10. The molecule has 36 heavy (non-hydrogen) atoms. The molecule has 202 valence electrons. The minimum atomic E-state index is -1.25. The van der Waals surface area contributed by atoms with Crippen LogP contribution < -0.4 is 33.2 Å². The van der Waals surface area contributed by atoms with Gasteiger partial charge in [0.25, 0.3) is 0 Å². The predicted molar refractivity (Wildman–Crippen MR) is 130 cm³/mol. The molecule has 4 unspecified atom stereocenters. The van der Waals surface area contributed by atoms with Gasteiger partial charge < -0.3 is 43.2 Å². The van der Waals surface area contributed by atoms with Crippen LogP contribution in [0.15, 0.2) is 12.5 Å². The number of aliphatic carboxylic acids is 1. The summed E-state index contributed by atoms with van der Waals surface area (Å²) in [6, 6.07) is -4.64. The van der Waals surface area contributed by atoms with Crippen molar-refractivity contribution in [3.8, 4) is 0 Å². The number of nitrogens with zero attached hydrogens (tertiary/aromatic N) is 1. The van der Waals surface area contributed by atoms with Gasteiger partial charge in [-0.1, -0.05) is 13.8 Å². The fraction of sp³-hybridized carbons (Fsp3) is 0.636. The normalized spacial score (nSPS) is 14.4. The van der Waals surface area contributed by atoms with Crippen LogP contribution in [-0.4, -0.2) is 75.4 Å². The molecule has 0 aromatic carbocycles. The highest BCUT2D eigenvalue weighted by Gasteiger charge is 2.31. The molecule has 0 saturated carbocycles. The number of rotatable bonds is 17. The molecule has 14 heteroatoms. The maximum absolute atomic E-state index is 13.1. The van der Waals surface area contributed by atoms with Gasteiger partial charge in [-0.3, -0.25) is 19.2 Å². The second-order valence-corrected chi connectivity index (χ2v) is 8.99. The van der Waals surface area contributed by atoms with E-state index in [1.165, 1.54) is 12.5 Å². The Morgan fingerprint density at radius 2 is 1.61 bits per heavy atom. The summed E-state index contributed by atoms with van der Waals surface area (Å²) in [6.07, 6.45) is 3.94. The fourth-order valence-electron chi connectivity index (χ4n) is 3.41. The average Bonchev–Trinajstić information content (AvgIpc) is 3.29. The zero-order chi connectivity index (χ0) is 27.3. The van der Waals surface area contributed by atoms with E-state index >= 15 is 0 Å². The number of carbonyl (C=O) groups excluding carboxylic acids is 4. The topological polar surface area (TPSA) is 248 Å². The average molecular weight is 511 g/mol. The molecule has 0 aliphatic heterocycles. The van der Waals surface area contributed by atoms with Crippen molar-refractivity contribution in [3.05, 3.63) is 18.2 Å². The largest absolute Gasteiger partial charge is 0.480 e. The monoisotopic (exact) mass is 510 g/mol. The zero-order valence-corrected chi connectivity index (χ0v) is 20.7. The highest BCUT2D eigenvalue weighted by atomic mass is 16.4. The Balaban J connectivity index is 3.06. The van der Waals surface area contributed by atoms with Gasteiger partial charge in [0.1, 0.15) is 18.1 Å². The number of aromatic amines is 1. The van der Waals surface area contributed by atoms with Gasteiger partial charge in [-0.25, -0.2) is 9.78 Å². The van der Waals surface area contributed by atoms with Crippen LogP contribution in [0.25, 0.3) is 0 Å². The van der Waals surface area contributed by atoms with E-state index in [-0.39, 0.29) is 25.2 Å². The Morgan fingerprint density at radius 1 is 1.00 bits per heavy atom. The van der Waals surface area contributed by atoms with Crippen molar-refractivity contribution >= 4 is 29.6 Å². The number of carbonyl (C=O) groups is 5. The van der Waals surface area contributed by atoms with E-state index in [9.17, 15) is 29.1 Å². The van der Waals surface area contributed by atoms with Gasteiger partial charge in [-0.15, -0.1) is 0 Å². The molecule has 0 radical (unpaired) electrons. The lowest BCUT2D eigenvalue weighted by molar-refractivity contribution is -0.142. The van der Waals surface area contributed by atoms with E-state index < -0.39 is 60.2 Å². The van der Waals surface area contributed by atoms with E-state index in [2.05, 4.69) is 25.9 Å². The Morgan fingerprint density at radius 3 is 2.14 bits per heavy atom. The first kappa shape index (κ1) is 30.5. The van der Waals surface area contributed by atoms with E-state index in [1.54, 1.807) is 0 Å². The van der Waals surface area contributed by atoms with Crippen LogP contribution in [0.5, 0.6) is 0 Å². The Kier molecular flexibility index (Phi) is 13.1. The van der Waals surface area contributed by atoms with Crippen molar-refractivity contribution in [2.75, 3.05) is 6.54 Å². The van der Waals surface area contributed by atoms with Crippen molar-refractivity contribution in [3.63, 3.8) is 0 Å². The van der Waals surface area contributed by atoms with Gasteiger partial charge >= 0.3 is 5.97 Å². The molecule has 0 aliphatic rings. The van der Waals surface area contributed by atoms with Gasteiger partial charge in [0.05, 0.1) is 18.8 Å². The molecule has 1 aromatic heterocycles. The molecule has 1 rings (SSSR count). The Bertz CT molecular complexity index is 876. The minimum Gasteiger partial charge on any atom is -0.480 e. The number of carboxylic acid groups (broad SMARTS) is 1. The summed E-state index contributed by atoms with van der Waals surface area (Å²) in [5, 5.41) is 17.1.